The van der Waals surface area contributed by atoms with E-state index in [1.54, 1.807) is 18.2 Å². The highest BCUT2D eigenvalue weighted by Crippen LogP contribution is 2.22. The van der Waals surface area contributed by atoms with E-state index in [2.05, 4.69) is 26.8 Å². The largest absolute Gasteiger partial charge is 0.496 e. The Labute approximate surface area is 167 Å². The Balaban J connectivity index is 1.79. The number of halogens is 2. The van der Waals surface area contributed by atoms with Crippen molar-refractivity contribution >= 4 is 51.4 Å². The lowest BCUT2D eigenvalue weighted by Gasteiger charge is -2.10. The standard InChI is InChI=1S/C17H14BrClN2O6/c1-25-13-5-2-10(19)8-12(13)17(24)21-20-15(22)9-26-16(23)7-4-11-3-6-14(18)27-11/h2-8H,9H2,1H3,(H,20,22)(H,21,24). The van der Waals surface area contributed by atoms with E-state index in [0.717, 1.165) is 6.08 Å². The van der Waals surface area contributed by atoms with Crippen LogP contribution in [0.4, 0.5) is 0 Å². The van der Waals surface area contributed by atoms with Gasteiger partial charge in [0.1, 0.15) is 11.5 Å². The van der Waals surface area contributed by atoms with Crippen LogP contribution in [0.25, 0.3) is 6.08 Å². The first-order valence-corrected chi connectivity index (χ1v) is 8.59. The highest BCUT2D eigenvalue weighted by atomic mass is 79.9. The maximum atomic E-state index is 12.1. The van der Waals surface area contributed by atoms with Gasteiger partial charge in [0.05, 0.1) is 12.7 Å². The second-order valence-corrected chi connectivity index (χ2v) is 6.15. The van der Waals surface area contributed by atoms with Crippen LogP contribution in [0.1, 0.15) is 16.1 Å². The molecule has 10 heteroatoms. The number of carbonyl (C=O) groups is 3. The predicted molar refractivity (Wildman–Crippen MR) is 100 cm³/mol. The molecule has 0 fully saturated rings. The van der Waals surface area contributed by atoms with E-state index in [1.807, 2.05) is 0 Å². The highest BCUT2D eigenvalue weighted by molar-refractivity contribution is 9.10. The Hall–Kier alpha value is -2.78. The van der Waals surface area contributed by atoms with Gasteiger partial charge in [-0.3, -0.25) is 20.4 Å². The minimum Gasteiger partial charge on any atom is -0.496 e. The molecule has 2 rings (SSSR count). The fraction of sp³-hybridized carbons (Fsp3) is 0.118. The average Bonchev–Trinajstić information content (AvgIpc) is 3.07. The Morgan fingerprint density at radius 2 is 2.00 bits per heavy atom. The van der Waals surface area contributed by atoms with E-state index in [0.29, 0.717) is 15.5 Å². The maximum absolute atomic E-state index is 12.1. The molecule has 2 aromatic rings. The van der Waals surface area contributed by atoms with Gasteiger partial charge in [-0.2, -0.15) is 0 Å². The van der Waals surface area contributed by atoms with Crippen LogP contribution in [0.2, 0.25) is 5.02 Å². The summed E-state index contributed by atoms with van der Waals surface area (Å²) in [6.45, 7) is -0.585. The second kappa shape index (κ2) is 9.79. The van der Waals surface area contributed by atoms with Crippen LogP contribution in [0.3, 0.4) is 0 Å². The van der Waals surface area contributed by atoms with E-state index in [-0.39, 0.29) is 11.3 Å². The number of carbonyl (C=O) groups excluding carboxylic acids is 3. The van der Waals surface area contributed by atoms with Gasteiger partial charge in [0, 0.05) is 11.1 Å². The number of hydrogen-bond donors (Lipinski definition) is 2. The SMILES string of the molecule is COc1ccc(Cl)cc1C(=O)NNC(=O)COC(=O)C=Cc1ccc(Br)o1. The number of methoxy groups -OCH3 is 1. The molecule has 0 unspecified atom stereocenters. The highest BCUT2D eigenvalue weighted by Gasteiger charge is 2.14. The van der Waals surface area contributed by atoms with Gasteiger partial charge in [0.15, 0.2) is 11.3 Å². The first-order chi connectivity index (χ1) is 12.9. The summed E-state index contributed by atoms with van der Waals surface area (Å²) in [5.74, 6) is -1.40. The van der Waals surface area contributed by atoms with E-state index < -0.39 is 24.4 Å². The van der Waals surface area contributed by atoms with Crippen LogP contribution >= 0.6 is 27.5 Å². The number of benzene rings is 1. The van der Waals surface area contributed by atoms with Crippen molar-refractivity contribution in [2.45, 2.75) is 0 Å². The third kappa shape index (κ3) is 6.46. The molecule has 0 aliphatic heterocycles. The molecule has 142 valence electrons. The van der Waals surface area contributed by atoms with Crippen molar-refractivity contribution in [1.29, 1.82) is 0 Å². The van der Waals surface area contributed by atoms with Gasteiger partial charge in [-0.25, -0.2) is 4.79 Å². The van der Waals surface area contributed by atoms with Crippen molar-refractivity contribution in [3.05, 3.63) is 57.4 Å². The molecule has 1 aromatic heterocycles. The van der Waals surface area contributed by atoms with E-state index >= 15 is 0 Å². The third-order valence-corrected chi connectivity index (χ3v) is 3.71. The molecule has 0 radical (unpaired) electrons. The molecule has 0 spiro atoms. The summed E-state index contributed by atoms with van der Waals surface area (Å²) in [7, 11) is 1.40. The van der Waals surface area contributed by atoms with Crippen LogP contribution < -0.4 is 15.6 Å². The molecule has 27 heavy (non-hydrogen) atoms. The number of rotatable bonds is 6. The molecule has 0 aliphatic rings. The van der Waals surface area contributed by atoms with Crippen LogP contribution in [0, 0.1) is 0 Å². The summed E-state index contributed by atoms with van der Waals surface area (Å²) in [5.41, 5.74) is 4.43. The van der Waals surface area contributed by atoms with Gasteiger partial charge in [-0.05, 0) is 52.3 Å². The van der Waals surface area contributed by atoms with Gasteiger partial charge in [0.2, 0.25) is 0 Å². The average molecular weight is 458 g/mol. The summed E-state index contributed by atoms with van der Waals surface area (Å²) in [6, 6.07) is 7.77. The molecular formula is C17H14BrClN2O6. The molecule has 0 bridgehead atoms. The zero-order chi connectivity index (χ0) is 19.8. The lowest BCUT2D eigenvalue weighted by molar-refractivity contribution is -0.144. The number of hydrazine groups is 1. The summed E-state index contributed by atoms with van der Waals surface area (Å²) in [4.78, 5) is 35.3. The lowest BCUT2D eigenvalue weighted by Crippen LogP contribution is -2.43. The number of hydrogen-bond acceptors (Lipinski definition) is 6. The quantitative estimate of drug-likeness (QED) is 0.392. The van der Waals surface area contributed by atoms with Gasteiger partial charge >= 0.3 is 5.97 Å². The maximum Gasteiger partial charge on any atom is 0.331 e. The zero-order valence-corrected chi connectivity index (χ0v) is 16.3. The first-order valence-electron chi connectivity index (χ1n) is 7.42. The number of esters is 1. The Bertz CT molecular complexity index is 880. The Morgan fingerprint density at radius 3 is 2.67 bits per heavy atom. The summed E-state index contributed by atoms with van der Waals surface area (Å²) in [6.07, 6.45) is 2.49. The van der Waals surface area contributed by atoms with Crippen LogP contribution in [0.15, 0.2) is 45.5 Å². The number of ether oxygens (including phenoxy) is 2. The molecule has 0 atom stereocenters. The monoisotopic (exact) mass is 456 g/mol. The fourth-order valence-electron chi connectivity index (χ4n) is 1.84. The molecule has 0 aliphatic carbocycles. The van der Waals surface area contributed by atoms with Gasteiger partial charge in [-0.1, -0.05) is 11.6 Å². The van der Waals surface area contributed by atoms with Crippen molar-refractivity contribution in [2.24, 2.45) is 0 Å². The minimum absolute atomic E-state index is 0.134. The van der Waals surface area contributed by atoms with E-state index in [9.17, 15) is 14.4 Å². The molecular weight excluding hydrogens is 444 g/mol. The molecule has 0 saturated heterocycles. The molecule has 2 amide bonds. The number of furan rings is 1. The molecule has 0 saturated carbocycles. The Kier molecular flexibility index (Phi) is 7.44. The summed E-state index contributed by atoms with van der Waals surface area (Å²) in [5, 5.41) is 0.330. The van der Waals surface area contributed by atoms with E-state index in [1.165, 1.54) is 25.3 Å². The first kappa shape index (κ1) is 20.5. The van der Waals surface area contributed by atoms with Crippen molar-refractivity contribution < 1.29 is 28.3 Å². The van der Waals surface area contributed by atoms with Gasteiger partial charge < -0.3 is 13.9 Å². The molecule has 1 heterocycles. The lowest BCUT2D eigenvalue weighted by atomic mass is 10.2. The normalized spacial score (nSPS) is 10.5. The number of nitrogens with one attached hydrogen (secondary N) is 2. The van der Waals surface area contributed by atoms with Crippen molar-refractivity contribution in [3.63, 3.8) is 0 Å². The van der Waals surface area contributed by atoms with Crippen molar-refractivity contribution in [2.75, 3.05) is 13.7 Å². The van der Waals surface area contributed by atoms with Crippen molar-refractivity contribution in [3.8, 4) is 5.75 Å². The third-order valence-electron chi connectivity index (χ3n) is 3.04. The minimum atomic E-state index is -0.750. The summed E-state index contributed by atoms with van der Waals surface area (Å²) < 4.78 is 15.5. The van der Waals surface area contributed by atoms with Crippen LogP contribution in [-0.4, -0.2) is 31.5 Å². The number of amides is 2. The molecule has 2 N–H and O–H groups in total. The topological polar surface area (TPSA) is 107 Å². The smallest absolute Gasteiger partial charge is 0.331 e. The fourth-order valence-corrected chi connectivity index (χ4v) is 2.33. The second-order valence-electron chi connectivity index (χ2n) is 4.93. The van der Waals surface area contributed by atoms with Gasteiger partial charge in [-0.15, -0.1) is 0 Å². The van der Waals surface area contributed by atoms with Crippen molar-refractivity contribution in [1.82, 2.24) is 10.9 Å². The summed E-state index contributed by atoms with van der Waals surface area (Å²) >= 11 is 8.97. The van der Waals surface area contributed by atoms with Crippen LogP contribution in [0.5, 0.6) is 5.75 Å². The molecule has 1 aromatic carbocycles. The molecule has 8 nitrogen and oxygen atoms in total. The van der Waals surface area contributed by atoms with E-state index in [4.69, 9.17) is 25.5 Å². The predicted octanol–water partition coefficient (Wildman–Crippen LogP) is 2.72. The zero-order valence-electron chi connectivity index (χ0n) is 14.0. The van der Waals surface area contributed by atoms with Gasteiger partial charge in [0.25, 0.3) is 11.8 Å². The Morgan fingerprint density at radius 1 is 1.22 bits per heavy atom. The van der Waals surface area contributed by atoms with Crippen LogP contribution in [-0.2, 0) is 14.3 Å².